The number of hydrogen-bond donors (Lipinski definition) is 1. The van der Waals surface area contributed by atoms with Crippen LogP contribution in [0.2, 0.25) is 0 Å². The van der Waals surface area contributed by atoms with E-state index < -0.39 is 0 Å². The molecule has 0 saturated carbocycles. The Hall–Kier alpha value is -1.23. The summed E-state index contributed by atoms with van der Waals surface area (Å²) in [6.45, 7) is 2.00. The number of pyridine rings is 1. The summed E-state index contributed by atoms with van der Waals surface area (Å²) in [7, 11) is 0. The smallest absolute Gasteiger partial charge is 0.0705 e. The van der Waals surface area contributed by atoms with Crippen molar-refractivity contribution in [2.45, 2.75) is 13.0 Å². The molecule has 0 aliphatic carbocycles. The van der Waals surface area contributed by atoms with Gasteiger partial charge < -0.3 is 5.73 Å². The molecule has 0 spiro atoms. The van der Waals surface area contributed by atoms with Gasteiger partial charge >= 0.3 is 0 Å². The first-order valence-electron chi connectivity index (χ1n) is 6.62. The average molecular weight is 406 g/mol. The van der Waals surface area contributed by atoms with Crippen molar-refractivity contribution in [3.8, 4) is 0 Å². The van der Waals surface area contributed by atoms with Crippen molar-refractivity contribution in [3.63, 3.8) is 0 Å². The number of rotatable bonds is 2. The first-order valence-corrected chi connectivity index (χ1v) is 8.21. The van der Waals surface area contributed by atoms with E-state index in [2.05, 4.69) is 49.0 Å². The lowest BCUT2D eigenvalue weighted by Crippen LogP contribution is -2.12. The van der Waals surface area contributed by atoms with Crippen LogP contribution in [-0.2, 0) is 0 Å². The minimum absolute atomic E-state index is 0.168. The van der Waals surface area contributed by atoms with Crippen LogP contribution in [0.3, 0.4) is 0 Å². The van der Waals surface area contributed by atoms with E-state index in [-0.39, 0.29) is 6.04 Å². The van der Waals surface area contributed by atoms with Gasteiger partial charge in [-0.1, -0.05) is 50.1 Å². The van der Waals surface area contributed by atoms with Gasteiger partial charge in [0, 0.05) is 20.0 Å². The maximum absolute atomic E-state index is 6.42. The van der Waals surface area contributed by atoms with Crippen LogP contribution in [0.4, 0.5) is 0 Å². The van der Waals surface area contributed by atoms with E-state index in [1.54, 1.807) is 0 Å². The maximum atomic E-state index is 6.42. The number of hydrogen-bond acceptors (Lipinski definition) is 2. The number of benzene rings is 2. The van der Waals surface area contributed by atoms with Crippen LogP contribution >= 0.6 is 31.9 Å². The van der Waals surface area contributed by atoms with Crippen LogP contribution < -0.4 is 5.73 Å². The second-order valence-corrected chi connectivity index (χ2v) is 6.82. The fraction of sp³-hybridized carbons (Fsp3) is 0.118. The maximum Gasteiger partial charge on any atom is 0.0705 e. The normalized spacial score (nSPS) is 12.6. The molecule has 0 saturated heterocycles. The second kappa shape index (κ2) is 5.87. The van der Waals surface area contributed by atoms with Crippen molar-refractivity contribution < 1.29 is 0 Å². The minimum Gasteiger partial charge on any atom is -0.320 e. The van der Waals surface area contributed by atoms with Crippen molar-refractivity contribution in [2.24, 2.45) is 5.73 Å². The van der Waals surface area contributed by atoms with Gasteiger partial charge in [0.2, 0.25) is 0 Å². The lowest BCUT2D eigenvalue weighted by molar-refractivity contribution is 0.867. The Morgan fingerprint density at radius 2 is 1.81 bits per heavy atom. The van der Waals surface area contributed by atoms with Crippen molar-refractivity contribution in [1.29, 1.82) is 0 Å². The van der Waals surface area contributed by atoms with Crippen LogP contribution in [0.1, 0.15) is 22.9 Å². The van der Waals surface area contributed by atoms with E-state index in [4.69, 9.17) is 5.73 Å². The van der Waals surface area contributed by atoms with E-state index in [0.29, 0.717) is 0 Å². The van der Waals surface area contributed by atoms with E-state index in [9.17, 15) is 0 Å². The third-order valence-corrected chi connectivity index (χ3v) is 4.69. The van der Waals surface area contributed by atoms with Gasteiger partial charge in [0.15, 0.2) is 0 Å². The fourth-order valence-electron chi connectivity index (χ4n) is 2.37. The monoisotopic (exact) mass is 404 g/mol. The van der Waals surface area contributed by atoms with Gasteiger partial charge in [0.25, 0.3) is 0 Å². The van der Waals surface area contributed by atoms with Crippen LogP contribution in [0.15, 0.2) is 57.5 Å². The number of nitrogens with zero attached hydrogens (tertiary/aromatic N) is 1. The summed E-state index contributed by atoms with van der Waals surface area (Å²) in [6.07, 6.45) is 0. The molecule has 0 fully saturated rings. The predicted molar refractivity (Wildman–Crippen MR) is 94.4 cm³/mol. The molecule has 2 nitrogen and oxygen atoms in total. The topological polar surface area (TPSA) is 38.9 Å². The Bertz CT molecular complexity index is 815. The average Bonchev–Trinajstić information content (AvgIpc) is 2.46. The van der Waals surface area contributed by atoms with Crippen LogP contribution in [-0.4, -0.2) is 4.98 Å². The molecule has 1 unspecified atom stereocenters. The third-order valence-electron chi connectivity index (χ3n) is 3.51. The zero-order valence-electron chi connectivity index (χ0n) is 11.5. The number of aromatic nitrogens is 1. The van der Waals surface area contributed by atoms with Gasteiger partial charge in [-0.25, -0.2) is 0 Å². The predicted octanol–water partition coefficient (Wildman–Crippen LogP) is 5.12. The summed E-state index contributed by atoms with van der Waals surface area (Å²) >= 11 is 7.04. The Morgan fingerprint density at radius 1 is 1.00 bits per heavy atom. The molecule has 3 aromatic rings. The number of nitrogens with two attached hydrogens (primary N) is 1. The quantitative estimate of drug-likeness (QED) is 0.642. The largest absolute Gasteiger partial charge is 0.320 e. The molecule has 0 aliphatic heterocycles. The first-order chi connectivity index (χ1) is 10.0. The molecule has 1 atom stereocenters. The SMILES string of the molecule is Cc1ccc2cc(C(N)c3ccc(Br)cc3Br)ccc2n1. The van der Waals surface area contributed by atoms with Crippen LogP contribution in [0.25, 0.3) is 10.9 Å². The highest BCUT2D eigenvalue weighted by Gasteiger charge is 2.13. The summed E-state index contributed by atoms with van der Waals surface area (Å²) < 4.78 is 2.04. The van der Waals surface area contributed by atoms with Gasteiger partial charge in [-0.05, 0) is 48.4 Å². The van der Waals surface area contributed by atoms with E-state index >= 15 is 0 Å². The van der Waals surface area contributed by atoms with Gasteiger partial charge in [-0.15, -0.1) is 0 Å². The van der Waals surface area contributed by atoms with Crippen molar-refractivity contribution in [3.05, 3.63) is 74.3 Å². The van der Waals surface area contributed by atoms with Crippen molar-refractivity contribution >= 4 is 42.8 Å². The second-order valence-electron chi connectivity index (χ2n) is 5.05. The molecule has 1 heterocycles. The van der Waals surface area contributed by atoms with Crippen molar-refractivity contribution in [1.82, 2.24) is 4.98 Å². The molecule has 0 amide bonds. The zero-order chi connectivity index (χ0) is 15.0. The molecule has 3 rings (SSSR count). The molecule has 2 N–H and O–H groups in total. The van der Waals surface area contributed by atoms with Gasteiger partial charge in [-0.2, -0.15) is 0 Å². The Balaban J connectivity index is 2.04. The molecule has 1 aromatic heterocycles. The number of aryl methyl sites for hydroxylation is 1. The molecule has 0 bridgehead atoms. The number of fused-ring (bicyclic) bond motifs is 1. The molecular weight excluding hydrogens is 392 g/mol. The molecule has 2 aromatic carbocycles. The van der Waals surface area contributed by atoms with Gasteiger partial charge in [0.1, 0.15) is 0 Å². The molecule has 106 valence electrons. The molecular formula is C17H14Br2N2. The molecule has 0 aliphatic rings. The third kappa shape index (κ3) is 3.03. The Kier molecular flexibility index (Phi) is 4.11. The first kappa shape index (κ1) is 14.7. The standard InChI is InChI=1S/C17H14Br2N2/c1-10-2-3-11-8-12(4-7-16(11)21-10)17(20)14-6-5-13(18)9-15(14)19/h2-9,17H,20H2,1H3. The molecule has 21 heavy (non-hydrogen) atoms. The Labute approximate surface area is 140 Å². The minimum atomic E-state index is -0.168. The zero-order valence-corrected chi connectivity index (χ0v) is 14.6. The van der Waals surface area contributed by atoms with Crippen LogP contribution in [0.5, 0.6) is 0 Å². The van der Waals surface area contributed by atoms with E-state index in [0.717, 1.165) is 36.7 Å². The van der Waals surface area contributed by atoms with E-state index in [1.165, 1.54) is 0 Å². The lowest BCUT2D eigenvalue weighted by Gasteiger charge is -2.15. The summed E-state index contributed by atoms with van der Waals surface area (Å²) in [5.41, 5.74) is 10.6. The highest BCUT2D eigenvalue weighted by Crippen LogP contribution is 2.30. The summed E-state index contributed by atoms with van der Waals surface area (Å²) in [5, 5.41) is 1.11. The highest BCUT2D eigenvalue weighted by molar-refractivity contribution is 9.11. The molecule has 0 radical (unpaired) electrons. The van der Waals surface area contributed by atoms with Gasteiger partial charge in [0.05, 0.1) is 11.6 Å². The highest BCUT2D eigenvalue weighted by atomic mass is 79.9. The summed E-state index contributed by atoms with van der Waals surface area (Å²) in [6, 6.07) is 16.2. The fourth-order valence-corrected chi connectivity index (χ4v) is 3.67. The lowest BCUT2D eigenvalue weighted by atomic mass is 9.98. The number of halogens is 2. The van der Waals surface area contributed by atoms with Crippen molar-refractivity contribution in [2.75, 3.05) is 0 Å². The van der Waals surface area contributed by atoms with E-state index in [1.807, 2.05) is 43.3 Å². The summed E-state index contributed by atoms with van der Waals surface area (Å²) in [4.78, 5) is 4.52. The Morgan fingerprint density at radius 3 is 2.57 bits per heavy atom. The van der Waals surface area contributed by atoms with Gasteiger partial charge in [-0.3, -0.25) is 4.98 Å². The summed E-state index contributed by atoms with van der Waals surface area (Å²) in [5.74, 6) is 0. The molecule has 4 heteroatoms. The van der Waals surface area contributed by atoms with Crippen LogP contribution in [0, 0.1) is 6.92 Å².